The molecule has 0 saturated heterocycles. The highest BCUT2D eigenvalue weighted by molar-refractivity contribution is 4.87. The van der Waals surface area contributed by atoms with Gasteiger partial charge in [0.2, 0.25) is 6.39 Å². The van der Waals surface area contributed by atoms with Crippen molar-refractivity contribution in [1.82, 2.24) is 10.1 Å². The van der Waals surface area contributed by atoms with Crippen LogP contribution in [0.25, 0.3) is 0 Å². The molecule has 4 heteroatoms. The highest BCUT2D eigenvalue weighted by atomic mass is 16.5. The molecule has 1 unspecified atom stereocenters. The number of rotatable bonds is 9. The molecule has 1 atom stereocenters. The first-order chi connectivity index (χ1) is 7.84. The number of nitrogens with two attached hydrogens (primary N) is 1. The quantitative estimate of drug-likeness (QED) is 0.655. The Bertz CT molecular complexity index is 249. The van der Waals surface area contributed by atoms with Crippen LogP contribution in [0.2, 0.25) is 0 Å². The summed E-state index contributed by atoms with van der Waals surface area (Å²) in [7, 11) is 0. The van der Waals surface area contributed by atoms with Crippen molar-refractivity contribution in [1.29, 1.82) is 0 Å². The van der Waals surface area contributed by atoms with Crippen molar-refractivity contribution in [2.24, 2.45) is 5.73 Å². The lowest BCUT2D eigenvalue weighted by atomic mass is 10.1. The van der Waals surface area contributed by atoms with E-state index in [1.54, 1.807) is 0 Å². The molecule has 1 aromatic rings. The van der Waals surface area contributed by atoms with Crippen LogP contribution in [0.4, 0.5) is 0 Å². The van der Waals surface area contributed by atoms with E-state index in [0.29, 0.717) is 5.82 Å². The van der Waals surface area contributed by atoms with E-state index < -0.39 is 0 Å². The first-order valence-corrected chi connectivity index (χ1v) is 6.36. The molecular weight excluding hydrogens is 202 g/mol. The highest BCUT2D eigenvalue weighted by Crippen LogP contribution is 2.15. The Hall–Kier alpha value is -0.900. The van der Waals surface area contributed by atoms with E-state index in [1.807, 2.05) is 0 Å². The van der Waals surface area contributed by atoms with Gasteiger partial charge in [-0.2, -0.15) is 4.98 Å². The standard InChI is InChI=1S/C12H23N3O/c1-2-3-4-5-6-7-8-9-11(13)12-14-10-16-15-12/h10-11H,2-9,13H2,1H3. The molecule has 2 N–H and O–H groups in total. The third kappa shape index (κ3) is 5.26. The third-order valence-electron chi connectivity index (χ3n) is 2.83. The van der Waals surface area contributed by atoms with Gasteiger partial charge in [-0.3, -0.25) is 0 Å². The van der Waals surface area contributed by atoms with E-state index in [2.05, 4.69) is 21.6 Å². The number of aromatic nitrogens is 2. The summed E-state index contributed by atoms with van der Waals surface area (Å²) in [5, 5.41) is 3.74. The zero-order chi connectivity index (χ0) is 11.6. The molecule has 0 amide bonds. The maximum Gasteiger partial charge on any atom is 0.213 e. The SMILES string of the molecule is CCCCCCCCCC(N)c1ncon1. The average molecular weight is 225 g/mol. The molecule has 0 fully saturated rings. The Morgan fingerprint density at radius 2 is 1.88 bits per heavy atom. The molecule has 1 heterocycles. The molecule has 1 aromatic heterocycles. The van der Waals surface area contributed by atoms with Crippen LogP contribution in [0, 0.1) is 0 Å². The Morgan fingerprint density at radius 3 is 2.50 bits per heavy atom. The van der Waals surface area contributed by atoms with Crippen LogP contribution in [0.15, 0.2) is 10.9 Å². The molecule has 0 spiro atoms. The topological polar surface area (TPSA) is 64.9 Å². The van der Waals surface area contributed by atoms with Crippen molar-refractivity contribution in [3.05, 3.63) is 12.2 Å². The number of hydrogen-bond acceptors (Lipinski definition) is 4. The van der Waals surface area contributed by atoms with Crippen LogP contribution in [0.1, 0.15) is 70.2 Å². The van der Waals surface area contributed by atoms with Crippen molar-refractivity contribution < 1.29 is 4.52 Å². The molecule has 16 heavy (non-hydrogen) atoms. The Kier molecular flexibility index (Phi) is 6.81. The van der Waals surface area contributed by atoms with Gasteiger partial charge in [-0.15, -0.1) is 0 Å². The molecular formula is C12H23N3O. The summed E-state index contributed by atoms with van der Waals surface area (Å²) in [4.78, 5) is 3.95. The summed E-state index contributed by atoms with van der Waals surface area (Å²) in [5.74, 6) is 0.631. The van der Waals surface area contributed by atoms with Crippen LogP contribution >= 0.6 is 0 Å². The maximum atomic E-state index is 5.92. The summed E-state index contributed by atoms with van der Waals surface area (Å²) in [6.07, 6.45) is 11.4. The largest absolute Gasteiger partial charge is 0.343 e. The van der Waals surface area contributed by atoms with Gasteiger partial charge in [0, 0.05) is 0 Å². The minimum absolute atomic E-state index is 0.0607. The van der Waals surface area contributed by atoms with Crippen LogP contribution < -0.4 is 5.73 Å². The van der Waals surface area contributed by atoms with Crippen molar-refractivity contribution >= 4 is 0 Å². The zero-order valence-electron chi connectivity index (χ0n) is 10.2. The first-order valence-electron chi connectivity index (χ1n) is 6.36. The minimum atomic E-state index is -0.0607. The fraction of sp³-hybridized carbons (Fsp3) is 0.833. The van der Waals surface area contributed by atoms with Gasteiger partial charge in [0.25, 0.3) is 0 Å². The molecule has 0 saturated carbocycles. The predicted molar refractivity (Wildman–Crippen MR) is 63.8 cm³/mol. The highest BCUT2D eigenvalue weighted by Gasteiger charge is 2.09. The van der Waals surface area contributed by atoms with E-state index in [1.165, 1.54) is 44.9 Å². The number of hydrogen-bond donors (Lipinski definition) is 1. The normalized spacial score (nSPS) is 12.9. The second kappa shape index (κ2) is 8.28. The van der Waals surface area contributed by atoms with E-state index in [0.717, 1.165) is 12.8 Å². The van der Waals surface area contributed by atoms with Gasteiger partial charge in [0.05, 0.1) is 6.04 Å². The van der Waals surface area contributed by atoms with Gasteiger partial charge in [0.1, 0.15) is 0 Å². The van der Waals surface area contributed by atoms with Gasteiger partial charge in [-0.1, -0.05) is 57.0 Å². The summed E-state index contributed by atoms with van der Waals surface area (Å²) >= 11 is 0. The van der Waals surface area contributed by atoms with Gasteiger partial charge < -0.3 is 10.3 Å². The third-order valence-corrected chi connectivity index (χ3v) is 2.83. The van der Waals surface area contributed by atoms with E-state index >= 15 is 0 Å². The van der Waals surface area contributed by atoms with Gasteiger partial charge in [0.15, 0.2) is 5.82 Å². The van der Waals surface area contributed by atoms with E-state index in [4.69, 9.17) is 5.73 Å². The van der Waals surface area contributed by atoms with E-state index in [9.17, 15) is 0 Å². The molecule has 0 aliphatic carbocycles. The Morgan fingerprint density at radius 1 is 1.19 bits per heavy atom. The second-order valence-electron chi connectivity index (χ2n) is 4.31. The fourth-order valence-corrected chi connectivity index (χ4v) is 1.79. The molecule has 0 aliphatic rings. The van der Waals surface area contributed by atoms with Crippen molar-refractivity contribution in [2.45, 2.75) is 64.3 Å². The first kappa shape index (κ1) is 13.2. The van der Waals surface area contributed by atoms with Gasteiger partial charge in [-0.25, -0.2) is 0 Å². The Labute approximate surface area is 97.6 Å². The second-order valence-corrected chi connectivity index (χ2v) is 4.31. The molecule has 0 bridgehead atoms. The lowest BCUT2D eigenvalue weighted by Gasteiger charge is -2.06. The zero-order valence-corrected chi connectivity index (χ0v) is 10.2. The minimum Gasteiger partial charge on any atom is -0.343 e. The summed E-state index contributed by atoms with van der Waals surface area (Å²) < 4.78 is 4.67. The lowest BCUT2D eigenvalue weighted by Crippen LogP contribution is -2.11. The predicted octanol–water partition coefficient (Wildman–Crippen LogP) is 3.21. The van der Waals surface area contributed by atoms with Crippen LogP contribution in [0.5, 0.6) is 0 Å². The molecule has 0 aromatic carbocycles. The monoisotopic (exact) mass is 225 g/mol. The summed E-state index contributed by atoms with van der Waals surface area (Å²) in [6.45, 7) is 2.24. The van der Waals surface area contributed by atoms with Crippen LogP contribution in [0.3, 0.4) is 0 Å². The number of unbranched alkanes of at least 4 members (excludes halogenated alkanes) is 6. The molecule has 1 rings (SSSR count). The summed E-state index contributed by atoms with van der Waals surface area (Å²) in [6, 6.07) is -0.0607. The molecule has 0 radical (unpaired) electrons. The van der Waals surface area contributed by atoms with E-state index in [-0.39, 0.29) is 6.04 Å². The van der Waals surface area contributed by atoms with Crippen molar-refractivity contribution in [3.8, 4) is 0 Å². The van der Waals surface area contributed by atoms with Crippen molar-refractivity contribution in [2.75, 3.05) is 0 Å². The smallest absolute Gasteiger partial charge is 0.213 e. The molecule has 4 nitrogen and oxygen atoms in total. The average Bonchev–Trinajstić information content (AvgIpc) is 2.81. The Balaban J connectivity index is 1.95. The van der Waals surface area contributed by atoms with Crippen LogP contribution in [-0.4, -0.2) is 10.1 Å². The van der Waals surface area contributed by atoms with Gasteiger partial charge >= 0.3 is 0 Å². The van der Waals surface area contributed by atoms with Crippen molar-refractivity contribution in [3.63, 3.8) is 0 Å². The lowest BCUT2D eigenvalue weighted by molar-refractivity contribution is 0.400. The number of nitrogens with zero attached hydrogens (tertiary/aromatic N) is 2. The van der Waals surface area contributed by atoms with Gasteiger partial charge in [-0.05, 0) is 6.42 Å². The summed E-state index contributed by atoms with van der Waals surface area (Å²) in [5.41, 5.74) is 5.92. The molecule has 0 aliphatic heterocycles. The maximum absolute atomic E-state index is 5.92. The van der Waals surface area contributed by atoms with Crippen LogP contribution in [-0.2, 0) is 0 Å². The fourth-order valence-electron chi connectivity index (χ4n) is 1.79. The molecule has 92 valence electrons.